The van der Waals surface area contributed by atoms with E-state index in [-0.39, 0.29) is 30.8 Å². The van der Waals surface area contributed by atoms with E-state index in [1.54, 1.807) is 30.0 Å². The van der Waals surface area contributed by atoms with Gasteiger partial charge in [-0.05, 0) is 50.8 Å². The maximum atomic E-state index is 13.5. The minimum Gasteiger partial charge on any atom is -0.486 e. The van der Waals surface area contributed by atoms with Crippen LogP contribution in [0.3, 0.4) is 0 Å². The number of amides is 2. The smallest absolute Gasteiger partial charge is 0.242 e. The second-order valence-corrected chi connectivity index (χ2v) is 12.3. The van der Waals surface area contributed by atoms with Crippen LogP contribution in [-0.2, 0) is 26.2 Å². The Bertz CT molecular complexity index is 1260. The number of fused-ring (bicyclic) bond motifs is 1. The number of nitrogens with zero attached hydrogens (tertiary/aromatic N) is 2. The van der Waals surface area contributed by atoms with E-state index in [1.807, 2.05) is 31.2 Å². The Morgan fingerprint density at radius 3 is 2.36 bits per heavy atom. The molecule has 10 heteroatoms. The third-order valence-electron chi connectivity index (χ3n) is 7.31. The van der Waals surface area contributed by atoms with Crippen LogP contribution in [0.1, 0.15) is 56.6 Å². The lowest BCUT2D eigenvalue weighted by atomic mass is 10.1. The average molecular weight is 558 g/mol. The fourth-order valence-corrected chi connectivity index (χ4v) is 6.01. The van der Waals surface area contributed by atoms with Gasteiger partial charge in [0.25, 0.3) is 0 Å². The zero-order chi connectivity index (χ0) is 28.0. The van der Waals surface area contributed by atoms with E-state index in [0.717, 1.165) is 43.1 Å². The van der Waals surface area contributed by atoms with Crippen LogP contribution in [0.15, 0.2) is 42.5 Å². The van der Waals surface area contributed by atoms with Crippen LogP contribution in [0.25, 0.3) is 0 Å². The molecule has 1 saturated carbocycles. The first-order valence-corrected chi connectivity index (χ1v) is 15.5. The van der Waals surface area contributed by atoms with Crippen LogP contribution in [0.4, 0.5) is 5.69 Å². The first-order chi connectivity index (χ1) is 18.6. The first-order valence-electron chi connectivity index (χ1n) is 13.6. The first kappa shape index (κ1) is 28.7. The van der Waals surface area contributed by atoms with Gasteiger partial charge in [-0.25, -0.2) is 8.42 Å². The summed E-state index contributed by atoms with van der Waals surface area (Å²) in [7, 11) is -3.61. The van der Waals surface area contributed by atoms with Gasteiger partial charge in [0, 0.05) is 31.6 Å². The fraction of sp³-hybridized carbons (Fsp3) is 0.517. The van der Waals surface area contributed by atoms with E-state index in [9.17, 15) is 18.0 Å². The van der Waals surface area contributed by atoms with Gasteiger partial charge in [0.2, 0.25) is 21.8 Å². The highest BCUT2D eigenvalue weighted by molar-refractivity contribution is 7.92. The predicted octanol–water partition coefficient (Wildman–Crippen LogP) is 3.79. The lowest BCUT2D eigenvalue weighted by Crippen LogP contribution is -2.49. The van der Waals surface area contributed by atoms with E-state index in [1.165, 1.54) is 4.31 Å². The lowest BCUT2D eigenvalue weighted by Gasteiger charge is -2.30. The van der Waals surface area contributed by atoms with Gasteiger partial charge in [0.15, 0.2) is 11.5 Å². The van der Waals surface area contributed by atoms with Gasteiger partial charge in [-0.15, -0.1) is 0 Å². The largest absolute Gasteiger partial charge is 0.486 e. The topological polar surface area (TPSA) is 105 Å². The molecule has 9 nitrogen and oxygen atoms in total. The maximum absolute atomic E-state index is 13.5. The predicted molar refractivity (Wildman–Crippen MR) is 150 cm³/mol. The molecule has 0 aromatic heterocycles. The molecular formula is C29H39N3O6S. The molecule has 2 aliphatic rings. The van der Waals surface area contributed by atoms with Gasteiger partial charge in [-0.2, -0.15) is 0 Å². The Morgan fingerprint density at radius 2 is 1.69 bits per heavy atom. The summed E-state index contributed by atoms with van der Waals surface area (Å²) >= 11 is 0. The summed E-state index contributed by atoms with van der Waals surface area (Å²) < 4.78 is 37.7. The molecule has 1 aliphatic heterocycles. The van der Waals surface area contributed by atoms with E-state index in [0.29, 0.717) is 43.4 Å². The molecule has 1 fully saturated rings. The van der Waals surface area contributed by atoms with Crippen LogP contribution < -0.4 is 19.1 Å². The second kappa shape index (κ2) is 12.7. The number of carbonyl (C=O) groups excluding carboxylic acids is 2. The Morgan fingerprint density at radius 1 is 1.03 bits per heavy atom. The molecule has 0 bridgehead atoms. The van der Waals surface area contributed by atoms with Gasteiger partial charge in [-0.3, -0.25) is 13.9 Å². The number of carbonyl (C=O) groups is 2. The normalized spacial score (nSPS) is 16.0. The van der Waals surface area contributed by atoms with Crippen LogP contribution >= 0.6 is 0 Å². The molecule has 39 heavy (non-hydrogen) atoms. The summed E-state index contributed by atoms with van der Waals surface area (Å²) in [6.45, 7) is 5.02. The Kier molecular flexibility index (Phi) is 9.37. The van der Waals surface area contributed by atoms with Crippen molar-refractivity contribution in [1.82, 2.24) is 10.2 Å². The number of ether oxygens (including phenoxy) is 2. The van der Waals surface area contributed by atoms with Crippen LogP contribution in [0.2, 0.25) is 0 Å². The van der Waals surface area contributed by atoms with Crippen molar-refractivity contribution in [3.8, 4) is 11.5 Å². The number of aryl methyl sites for hydroxylation is 1. The average Bonchev–Trinajstić information content (AvgIpc) is 3.42. The Labute approximate surface area is 231 Å². The van der Waals surface area contributed by atoms with Crippen molar-refractivity contribution in [1.29, 1.82) is 0 Å². The van der Waals surface area contributed by atoms with Gasteiger partial charge in [0.05, 0.1) is 11.9 Å². The zero-order valence-electron chi connectivity index (χ0n) is 23.0. The SMILES string of the molecule is Cc1ccc(CN(C(=O)CCCN(c2ccc3c(c2)OCCO3)S(C)(=O)=O)C(C)C(=O)NC2CCCC2)cc1. The molecule has 4 rings (SSSR count). The number of nitrogens with one attached hydrogen (secondary N) is 1. The molecule has 1 heterocycles. The fourth-order valence-electron chi connectivity index (χ4n) is 5.06. The van der Waals surface area contributed by atoms with E-state index >= 15 is 0 Å². The molecule has 1 unspecified atom stereocenters. The summed E-state index contributed by atoms with van der Waals surface area (Å²) in [5.74, 6) is 0.719. The summed E-state index contributed by atoms with van der Waals surface area (Å²) in [5.41, 5.74) is 2.50. The molecule has 2 amide bonds. The molecule has 2 aromatic rings. The number of sulfonamides is 1. The number of rotatable bonds is 11. The molecule has 1 aliphatic carbocycles. The van der Waals surface area contributed by atoms with Gasteiger partial charge in [0.1, 0.15) is 19.3 Å². The highest BCUT2D eigenvalue weighted by Crippen LogP contribution is 2.34. The summed E-state index contributed by atoms with van der Waals surface area (Å²) in [6, 6.07) is 12.4. The summed E-state index contributed by atoms with van der Waals surface area (Å²) in [5, 5.41) is 3.11. The molecule has 0 spiro atoms. The highest BCUT2D eigenvalue weighted by atomic mass is 32.2. The zero-order valence-corrected chi connectivity index (χ0v) is 23.8. The van der Waals surface area contributed by atoms with Crippen molar-refractivity contribution in [2.45, 2.75) is 71.0 Å². The van der Waals surface area contributed by atoms with Gasteiger partial charge >= 0.3 is 0 Å². The number of benzene rings is 2. The van der Waals surface area contributed by atoms with Crippen molar-refractivity contribution in [3.63, 3.8) is 0 Å². The lowest BCUT2D eigenvalue weighted by molar-refractivity contribution is -0.141. The van der Waals surface area contributed by atoms with E-state index in [4.69, 9.17) is 9.47 Å². The molecular weight excluding hydrogens is 518 g/mol. The monoisotopic (exact) mass is 557 g/mol. The van der Waals surface area contributed by atoms with Gasteiger partial charge in [-0.1, -0.05) is 42.7 Å². The summed E-state index contributed by atoms with van der Waals surface area (Å²) in [4.78, 5) is 28.2. The van der Waals surface area contributed by atoms with Crippen molar-refractivity contribution >= 4 is 27.5 Å². The van der Waals surface area contributed by atoms with Crippen LogP contribution in [0, 0.1) is 6.92 Å². The van der Waals surface area contributed by atoms with Gasteiger partial charge < -0.3 is 19.7 Å². The third kappa shape index (κ3) is 7.65. The number of hydrogen-bond donors (Lipinski definition) is 1. The standard InChI is InChI=1S/C29H39N3O6S/c1-21-10-12-23(13-11-21)20-31(22(2)29(34)30-24-7-4-5-8-24)28(33)9-6-16-32(39(3,35)36)25-14-15-26-27(19-25)38-18-17-37-26/h10-15,19,22,24H,4-9,16-18,20H2,1-3H3,(H,30,34). The summed E-state index contributed by atoms with van der Waals surface area (Å²) in [6.07, 6.45) is 5.67. The Balaban J connectivity index is 1.45. The number of hydrogen-bond acceptors (Lipinski definition) is 6. The third-order valence-corrected chi connectivity index (χ3v) is 8.50. The second-order valence-electron chi connectivity index (χ2n) is 10.4. The molecule has 1 atom stereocenters. The van der Waals surface area contributed by atoms with Crippen molar-refractivity contribution in [2.24, 2.45) is 0 Å². The van der Waals surface area contributed by atoms with Crippen LogP contribution in [-0.4, -0.2) is 63.2 Å². The maximum Gasteiger partial charge on any atom is 0.242 e. The minimum atomic E-state index is -3.61. The quantitative estimate of drug-likeness (QED) is 0.451. The molecule has 0 saturated heterocycles. The van der Waals surface area contributed by atoms with E-state index in [2.05, 4.69) is 5.32 Å². The number of anilines is 1. The van der Waals surface area contributed by atoms with Crippen molar-refractivity contribution in [2.75, 3.05) is 30.3 Å². The molecule has 2 aromatic carbocycles. The van der Waals surface area contributed by atoms with Crippen molar-refractivity contribution < 1.29 is 27.5 Å². The highest BCUT2D eigenvalue weighted by Gasteiger charge is 2.29. The Hall–Kier alpha value is -3.27. The minimum absolute atomic E-state index is 0.101. The van der Waals surface area contributed by atoms with E-state index < -0.39 is 16.1 Å². The molecule has 212 valence electrons. The van der Waals surface area contributed by atoms with Crippen LogP contribution in [0.5, 0.6) is 11.5 Å². The van der Waals surface area contributed by atoms with Crippen molar-refractivity contribution in [3.05, 3.63) is 53.6 Å². The molecule has 1 N–H and O–H groups in total. The molecule has 0 radical (unpaired) electrons.